The fourth-order valence-electron chi connectivity index (χ4n) is 1.92. The van der Waals surface area contributed by atoms with Crippen LogP contribution in [0.15, 0.2) is 18.2 Å². The predicted molar refractivity (Wildman–Crippen MR) is 66.4 cm³/mol. The van der Waals surface area contributed by atoms with Crippen LogP contribution in [0.5, 0.6) is 5.75 Å². The smallest absolute Gasteiger partial charge is 0.121 e. The van der Waals surface area contributed by atoms with Crippen molar-refractivity contribution in [2.24, 2.45) is 0 Å². The lowest BCUT2D eigenvalue weighted by Gasteiger charge is -2.29. The minimum Gasteiger partial charge on any atom is -0.490 e. The predicted octanol–water partition coefficient (Wildman–Crippen LogP) is 1.32. The number of nitrogen functional groups attached to an aromatic ring is 2. The van der Waals surface area contributed by atoms with Gasteiger partial charge in [-0.1, -0.05) is 0 Å². The van der Waals surface area contributed by atoms with Gasteiger partial charge in [0.15, 0.2) is 0 Å². The summed E-state index contributed by atoms with van der Waals surface area (Å²) in [6.45, 7) is 2.18. The van der Waals surface area contributed by atoms with Crippen LogP contribution >= 0.6 is 0 Å². The van der Waals surface area contributed by atoms with E-state index in [1.807, 2.05) is 6.07 Å². The molecule has 1 aromatic rings. The van der Waals surface area contributed by atoms with E-state index in [0.717, 1.165) is 31.7 Å². The van der Waals surface area contributed by atoms with E-state index in [1.54, 1.807) is 12.1 Å². The summed E-state index contributed by atoms with van der Waals surface area (Å²) in [6, 6.07) is 5.47. The summed E-state index contributed by atoms with van der Waals surface area (Å²) in [7, 11) is 2.14. The molecule has 1 aliphatic heterocycles. The molecule has 0 spiro atoms. The summed E-state index contributed by atoms with van der Waals surface area (Å²) in [5.41, 5.74) is 12.6. The van der Waals surface area contributed by atoms with Crippen LogP contribution in [0.4, 0.5) is 11.4 Å². The molecular formula is C12H19N3O. The van der Waals surface area contributed by atoms with E-state index in [4.69, 9.17) is 16.2 Å². The first-order valence-electron chi connectivity index (χ1n) is 5.65. The van der Waals surface area contributed by atoms with Crippen molar-refractivity contribution in [3.63, 3.8) is 0 Å². The molecule has 1 heterocycles. The van der Waals surface area contributed by atoms with Crippen molar-refractivity contribution < 1.29 is 4.74 Å². The molecular weight excluding hydrogens is 202 g/mol. The van der Waals surface area contributed by atoms with E-state index in [1.165, 1.54) is 0 Å². The second kappa shape index (κ2) is 4.61. The molecule has 0 bridgehead atoms. The molecule has 4 N–H and O–H groups in total. The SMILES string of the molecule is CN1CCC(Oc2ccc(N)c(N)c2)CC1. The second-order valence-corrected chi connectivity index (χ2v) is 4.41. The maximum absolute atomic E-state index is 5.88. The van der Waals surface area contributed by atoms with Crippen LogP contribution < -0.4 is 16.2 Å². The van der Waals surface area contributed by atoms with E-state index in [-0.39, 0.29) is 0 Å². The van der Waals surface area contributed by atoms with Gasteiger partial charge in [-0.05, 0) is 32.0 Å². The lowest BCUT2D eigenvalue weighted by molar-refractivity contribution is 0.114. The summed E-state index contributed by atoms with van der Waals surface area (Å²) in [5, 5.41) is 0. The fraction of sp³-hybridized carbons (Fsp3) is 0.500. The van der Waals surface area contributed by atoms with Gasteiger partial charge in [-0.25, -0.2) is 0 Å². The van der Waals surface area contributed by atoms with Crippen LogP contribution in [-0.2, 0) is 0 Å². The van der Waals surface area contributed by atoms with Crippen LogP contribution in [0.25, 0.3) is 0 Å². The number of hydrogen-bond acceptors (Lipinski definition) is 4. The number of likely N-dealkylation sites (tertiary alicyclic amines) is 1. The third-order valence-electron chi connectivity index (χ3n) is 3.03. The van der Waals surface area contributed by atoms with Crippen LogP contribution in [0.3, 0.4) is 0 Å². The van der Waals surface area contributed by atoms with Gasteiger partial charge in [0.1, 0.15) is 11.9 Å². The number of hydrogen-bond donors (Lipinski definition) is 2. The van der Waals surface area contributed by atoms with E-state index < -0.39 is 0 Å². The zero-order valence-corrected chi connectivity index (χ0v) is 9.65. The Kier molecular flexibility index (Phi) is 3.19. The lowest BCUT2D eigenvalue weighted by atomic mass is 10.1. The number of anilines is 2. The molecule has 4 heteroatoms. The van der Waals surface area contributed by atoms with Gasteiger partial charge in [0, 0.05) is 19.2 Å². The Balaban J connectivity index is 1.96. The van der Waals surface area contributed by atoms with Crippen molar-refractivity contribution in [1.29, 1.82) is 0 Å². The molecule has 2 rings (SSSR count). The molecule has 1 fully saturated rings. The van der Waals surface area contributed by atoms with Crippen molar-refractivity contribution >= 4 is 11.4 Å². The highest BCUT2D eigenvalue weighted by atomic mass is 16.5. The van der Waals surface area contributed by atoms with E-state index >= 15 is 0 Å². The first kappa shape index (κ1) is 11.1. The zero-order chi connectivity index (χ0) is 11.5. The quantitative estimate of drug-likeness (QED) is 0.739. The molecule has 0 aromatic heterocycles. The minimum atomic E-state index is 0.305. The number of nitrogens with two attached hydrogens (primary N) is 2. The Morgan fingerprint density at radius 1 is 1.19 bits per heavy atom. The van der Waals surface area contributed by atoms with E-state index in [9.17, 15) is 0 Å². The summed E-state index contributed by atoms with van der Waals surface area (Å²) in [6.07, 6.45) is 2.45. The second-order valence-electron chi connectivity index (χ2n) is 4.41. The highest BCUT2D eigenvalue weighted by Crippen LogP contribution is 2.24. The molecule has 1 aliphatic rings. The van der Waals surface area contributed by atoms with Crippen LogP contribution in [0.2, 0.25) is 0 Å². The zero-order valence-electron chi connectivity index (χ0n) is 9.65. The molecule has 0 amide bonds. The number of ether oxygens (including phenoxy) is 1. The van der Waals surface area contributed by atoms with Crippen molar-refractivity contribution in [1.82, 2.24) is 4.90 Å². The third-order valence-corrected chi connectivity index (χ3v) is 3.03. The maximum Gasteiger partial charge on any atom is 0.121 e. The van der Waals surface area contributed by atoms with Gasteiger partial charge < -0.3 is 21.1 Å². The molecule has 1 saturated heterocycles. The Bertz CT molecular complexity index is 359. The average molecular weight is 221 g/mol. The highest BCUT2D eigenvalue weighted by molar-refractivity contribution is 5.65. The number of benzene rings is 1. The highest BCUT2D eigenvalue weighted by Gasteiger charge is 2.17. The van der Waals surface area contributed by atoms with Crippen molar-refractivity contribution in [2.75, 3.05) is 31.6 Å². The Labute approximate surface area is 96.2 Å². The van der Waals surface area contributed by atoms with Gasteiger partial charge >= 0.3 is 0 Å². The van der Waals surface area contributed by atoms with Gasteiger partial charge in [-0.2, -0.15) is 0 Å². The van der Waals surface area contributed by atoms with E-state index in [2.05, 4.69) is 11.9 Å². The van der Waals surface area contributed by atoms with Gasteiger partial charge in [-0.3, -0.25) is 0 Å². The first-order valence-corrected chi connectivity index (χ1v) is 5.65. The van der Waals surface area contributed by atoms with E-state index in [0.29, 0.717) is 17.5 Å². The molecule has 0 saturated carbocycles. The Morgan fingerprint density at radius 3 is 2.50 bits per heavy atom. The average Bonchev–Trinajstić information content (AvgIpc) is 2.27. The number of rotatable bonds is 2. The van der Waals surface area contributed by atoms with Gasteiger partial charge in [0.2, 0.25) is 0 Å². The number of nitrogens with zero attached hydrogens (tertiary/aromatic N) is 1. The monoisotopic (exact) mass is 221 g/mol. The molecule has 4 nitrogen and oxygen atoms in total. The van der Waals surface area contributed by atoms with Crippen molar-refractivity contribution in [3.05, 3.63) is 18.2 Å². The van der Waals surface area contributed by atoms with Crippen LogP contribution in [0.1, 0.15) is 12.8 Å². The Hall–Kier alpha value is -1.42. The maximum atomic E-state index is 5.88. The molecule has 0 unspecified atom stereocenters. The summed E-state index contributed by atoms with van der Waals surface area (Å²) in [4.78, 5) is 2.32. The van der Waals surface area contributed by atoms with Crippen LogP contribution in [-0.4, -0.2) is 31.1 Å². The van der Waals surface area contributed by atoms with Crippen molar-refractivity contribution in [3.8, 4) is 5.75 Å². The van der Waals surface area contributed by atoms with Crippen molar-refractivity contribution in [2.45, 2.75) is 18.9 Å². The molecule has 0 radical (unpaired) electrons. The number of piperidine rings is 1. The fourth-order valence-corrected chi connectivity index (χ4v) is 1.92. The van der Waals surface area contributed by atoms with Crippen LogP contribution in [0, 0.1) is 0 Å². The molecule has 88 valence electrons. The molecule has 0 aliphatic carbocycles. The first-order chi connectivity index (χ1) is 7.65. The summed E-state index contributed by atoms with van der Waals surface area (Å²) in [5.74, 6) is 0.821. The van der Waals surface area contributed by atoms with Gasteiger partial charge in [-0.15, -0.1) is 0 Å². The largest absolute Gasteiger partial charge is 0.490 e. The Morgan fingerprint density at radius 2 is 1.88 bits per heavy atom. The van der Waals surface area contributed by atoms with Gasteiger partial charge in [0.25, 0.3) is 0 Å². The third kappa shape index (κ3) is 2.58. The summed E-state index contributed by atoms with van der Waals surface area (Å²) < 4.78 is 5.88. The minimum absolute atomic E-state index is 0.305. The topological polar surface area (TPSA) is 64.5 Å². The normalized spacial score (nSPS) is 18.6. The summed E-state index contributed by atoms with van der Waals surface area (Å²) >= 11 is 0. The molecule has 16 heavy (non-hydrogen) atoms. The molecule has 0 atom stereocenters. The van der Waals surface area contributed by atoms with Gasteiger partial charge in [0.05, 0.1) is 11.4 Å². The standard InChI is InChI=1S/C12H19N3O/c1-15-6-4-9(5-7-15)16-10-2-3-11(13)12(14)8-10/h2-3,8-9H,4-7,13-14H2,1H3. The molecule has 1 aromatic carbocycles. The lowest BCUT2D eigenvalue weighted by Crippen LogP contribution is -2.35.